The number of benzene rings is 2. The molecule has 194 valence electrons. The molecule has 0 aromatic heterocycles. The van der Waals surface area contributed by atoms with Crippen LogP contribution in [0.3, 0.4) is 0 Å². The lowest BCUT2D eigenvalue weighted by molar-refractivity contribution is -0.137. The first-order valence-electron chi connectivity index (χ1n) is 12.7. The van der Waals surface area contributed by atoms with Gasteiger partial charge in [-0.15, -0.1) is 0 Å². The summed E-state index contributed by atoms with van der Waals surface area (Å²) >= 11 is 0. The Kier molecular flexibility index (Phi) is 8.03. The highest BCUT2D eigenvalue weighted by atomic mass is 19.4. The number of piperidine rings is 1. The molecule has 2 amide bonds. The maximum absolute atomic E-state index is 13.5. The zero-order valence-electron chi connectivity index (χ0n) is 20.6. The fourth-order valence-electron chi connectivity index (χ4n) is 5.51. The lowest BCUT2D eigenvalue weighted by Gasteiger charge is -2.39. The van der Waals surface area contributed by atoms with Gasteiger partial charge >= 0.3 is 6.18 Å². The van der Waals surface area contributed by atoms with Crippen LogP contribution in [0.2, 0.25) is 0 Å². The Balaban J connectivity index is 1.29. The average Bonchev–Trinajstić information content (AvgIpc) is 2.88. The second kappa shape index (κ2) is 11.0. The molecule has 5 nitrogen and oxygen atoms in total. The molecule has 3 N–H and O–H groups in total. The summed E-state index contributed by atoms with van der Waals surface area (Å²) in [5.74, 6) is -0.168. The molecule has 2 aliphatic rings. The summed E-state index contributed by atoms with van der Waals surface area (Å²) in [6, 6.07) is 13.5. The zero-order valence-corrected chi connectivity index (χ0v) is 20.6. The number of hydrogen-bond donors (Lipinski definition) is 3. The van der Waals surface area contributed by atoms with Gasteiger partial charge in [0.1, 0.15) is 0 Å². The van der Waals surface area contributed by atoms with E-state index >= 15 is 0 Å². The Morgan fingerprint density at radius 3 is 2.31 bits per heavy atom. The van der Waals surface area contributed by atoms with Crippen LogP contribution in [-0.4, -0.2) is 37.5 Å². The Labute approximate surface area is 210 Å². The number of rotatable bonds is 6. The summed E-state index contributed by atoms with van der Waals surface area (Å²) in [6.45, 7) is 3.57. The fraction of sp³-hybridized carbons (Fsp3) is 0.500. The van der Waals surface area contributed by atoms with Crippen LogP contribution in [0.15, 0.2) is 48.5 Å². The topological polar surface area (TPSA) is 70.2 Å². The summed E-state index contributed by atoms with van der Waals surface area (Å²) in [4.78, 5) is 26.0. The Hall–Kier alpha value is -2.87. The fourth-order valence-corrected chi connectivity index (χ4v) is 5.51. The third-order valence-electron chi connectivity index (χ3n) is 7.62. The number of amides is 2. The Bertz CT molecular complexity index is 1060. The molecule has 1 saturated carbocycles. The third-order valence-corrected chi connectivity index (χ3v) is 7.62. The van der Waals surface area contributed by atoms with Crippen LogP contribution in [0.4, 0.5) is 13.2 Å². The molecule has 2 aromatic rings. The van der Waals surface area contributed by atoms with Gasteiger partial charge < -0.3 is 16.0 Å². The SMILES string of the molecule is Cc1cc(C(=O)NCC2CCC(NC(=O)C3(c4ccccc4)CCNCC3)CC2)cc(C(F)(F)F)c1. The summed E-state index contributed by atoms with van der Waals surface area (Å²) in [5, 5.41) is 9.47. The van der Waals surface area contributed by atoms with Crippen LogP contribution in [-0.2, 0) is 16.4 Å². The molecule has 0 radical (unpaired) electrons. The molecule has 0 unspecified atom stereocenters. The average molecular weight is 502 g/mol. The Morgan fingerprint density at radius 1 is 1.00 bits per heavy atom. The molecule has 1 heterocycles. The van der Waals surface area contributed by atoms with E-state index in [0.717, 1.165) is 69.3 Å². The molecule has 0 atom stereocenters. The van der Waals surface area contributed by atoms with E-state index < -0.39 is 23.1 Å². The van der Waals surface area contributed by atoms with Gasteiger partial charge in [-0.1, -0.05) is 30.3 Å². The van der Waals surface area contributed by atoms with Crippen LogP contribution in [0.1, 0.15) is 65.6 Å². The molecule has 36 heavy (non-hydrogen) atoms. The number of halogens is 3. The minimum atomic E-state index is -4.49. The largest absolute Gasteiger partial charge is 0.416 e. The molecule has 1 saturated heterocycles. The highest BCUT2D eigenvalue weighted by Gasteiger charge is 2.42. The van der Waals surface area contributed by atoms with Crippen molar-refractivity contribution in [2.75, 3.05) is 19.6 Å². The number of aryl methyl sites for hydroxylation is 1. The first kappa shape index (κ1) is 26.2. The molecule has 8 heteroatoms. The van der Waals surface area contributed by atoms with E-state index in [1.807, 2.05) is 30.3 Å². The van der Waals surface area contributed by atoms with Gasteiger partial charge in [0.15, 0.2) is 0 Å². The molecular formula is C28H34F3N3O2. The van der Waals surface area contributed by atoms with Crippen LogP contribution in [0, 0.1) is 12.8 Å². The minimum absolute atomic E-state index is 0.0245. The second-order valence-corrected chi connectivity index (χ2v) is 10.2. The molecule has 2 aromatic carbocycles. The van der Waals surface area contributed by atoms with Crippen molar-refractivity contribution in [1.82, 2.24) is 16.0 Å². The second-order valence-electron chi connectivity index (χ2n) is 10.2. The van der Waals surface area contributed by atoms with Crippen molar-refractivity contribution in [3.05, 3.63) is 70.8 Å². The summed E-state index contributed by atoms with van der Waals surface area (Å²) in [7, 11) is 0. The van der Waals surface area contributed by atoms with Crippen LogP contribution < -0.4 is 16.0 Å². The van der Waals surface area contributed by atoms with E-state index in [2.05, 4.69) is 16.0 Å². The summed E-state index contributed by atoms with van der Waals surface area (Å²) in [5.41, 5.74) is 0.154. The third kappa shape index (κ3) is 6.09. The van der Waals surface area contributed by atoms with Gasteiger partial charge in [0, 0.05) is 18.2 Å². The first-order valence-corrected chi connectivity index (χ1v) is 12.7. The number of carbonyl (C=O) groups excluding carboxylic acids is 2. The maximum atomic E-state index is 13.5. The molecule has 0 spiro atoms. The smallest absolute Gasteiger partial charge is 0.353 e. The number of alkyl halides is 3. The van der Waals surface area contributed by atoms with Gasteiger partial charge in [0.25, 0.3) is 5.91 Å². The van der Waals surface area contributed by atoms with E-state index in [1.54, 1.807) is 6.92 Å². The van der Waals surface area contributed by atoms with Gasteiger partial charge in [-0.25, -0.2) is 0 Å². The first-order chi connectivity index (χ1) is 17.2. The lowest BCUT2D eigenvalue weighted by atomic mass is 9.72. The maximum Gasteiger partial charge on any atom is 0.416 e. The Morgan fingerprint density at radius 2 is 1.67 bits per heavy atom. The predicted molar refractivity (Wildman–Crippen MR) is 133 cm³/mol. The van der Waals surface area contributed by atoms with Gasteiger partial charge in [0.2, 0.25) is 5.91 Å². The van der Waals surface area contributed by atoms with E-state index in [9.17, 15) is 22.8 Å². The minimum Gasteiger partial charge on any atom is -0.353 e. The van der Waals surface area contributed by atoms with Gasteiger partial charge in [-0.05, 0) is 93.8 Å². The van der Waals surface area contributed by atoms with Gasteiger partial charge in [-0.2, -0.15) is 13.2 Å². The molecule has 1 aliphatic carbocycles. The van der Waals surface area contributed by atoms with Crippen molar-refractivity contribution in [3.63, 3.8) is 0 Å². The zero-order chi connectivity index (χ0) is 25.8. The van der Waals surface area contributed by atoms with Gasteiger partial charge in [-0.3, -0.25) is 9.59 Å². The summed E-state index contributed by atoms with van der Waals surface area (Å²) < 4.78 is 39.3. The van der Waals surface area contributed by atoms with Crippen molar-refractivity contribution in [3.8, 4) is 0 Å². The molecule has 4 rings (SSSR count). The highest BCUT2D eigenvalue weighted by Crippen LogP contribution is 2.35. The van der Waals surface area contributed by atoms with Crippen molar-refractivity contribution >= 4 is 11.8 Å². The van der Waals surface area contributed by atoms with Crippen molar-refractivity contribution in [2.24, 2.45) is 5.92 Å². The predicted octanol–water partition coefficient (Wildman–Crippen LogP) is 4.74. The van der Waals surface area contributed by atoms with Crippen LogP contribution in [0.25, 0.3) is 0 Å². The highest BCUT2D eigenvalue weighted by molar-refractivity contribution is 5.94. The number of nitrogens with one attached hydrogen (secondary N) is 3. The molecule has 2 fully saturated rings. The van der Waals surface area contributed by atoms with Gasteiger partial charge in [0.05, 0.1) is 11.0 Å². The standard InChI is InChI=1S/C28H34F3N3O2/c1-19-15-21(17-23(16-19)28(29,30)31)25(35)33-18-20-7-9-24(10-8-20)34-26(36)27(11-13-32-14-12-27)22-5-3-2-4-6-22/h2-6,15-17,20,24,32H,7-14,18H2,1H3,(H,33,35)(H,34,36). The molecule has 1 aliphatic heterocycles. The number of hydrogen-bond acceptors (Lipinski definition) is 3. The van der Waals surface area contributed by atoms with Crippen molar-refractivity contribution in [1.29, 1.82) is 0 Å². The number of carbonyl (C=O) groups is 2. The van der Waals surface area contributed by atoms with E-state index in [0.29, 0.717) is 12.1 Å². The normalized spacial score (nSPS) is 22.0. The molecular weight excluding hydrogens is 467 g/mol. The molecule has 0 bridgehead atoms. The van der Waals surface area contributed by atoms with Crippen LogP contribution in [0.5, 0.6) is 0 Å². The van der Waals surface area contributed by atoms with E-state index in [-0.39, 0.29) is 23.4 Å². The lowest BCUT2D eigenvalue weighted by Crippen LogP contribution is -2.53. The van der Waals surface area contributed by atoms with Crippen LogP contribution >= 0.6 is 0 Å². The van der Waals surface area contributed by atoms with Crippen molar-refractivity contribution in [2.45, 2.75) is 63.1 Å². The summed E-state index contributed by atoms with van der Waals surface area (Å²) in [6.07, 6.45) is 0.352. The van der Waals surface area contributed by atoms with Crippen molar-refractivity contribution < 1.29 is 22.8 Å². The monoisotopic (exact) mass is 501 g/mol. The quantitative estimate of drug-likeness (QED) is 0.536. The van der Waals surface area contributed by atoms with E-state index in [4.69, 9.17) is 0 Å². The van der Waals surface area contributed by atoms with E-state index in [1.165, 1.54) is 6.07 Å².